The first-order valence-corrected chi connectivity index (χ1v) is 5.87. The molecule has 0 aliphatic carbocycles. The van der Waals surface area contributed by atoms with Crippen molar-refractivity contribution in [3.05, 3.63) is 47.5 Å². The third-order valence-electron chi connectivity index (χ3n) is 2.80. The molecule has 0 radical (unpaired) electrons. The molecule has 0 bridgehead atoms. The number of amides is 1. The summed E-state index contributed by atoms with van der Waals surface area (Å²) in [4.78, 5) is 13.3. The molecule has 90 valence electrons. The third kappa shape index (κ3) is 2.68. The molecule has 1 amide bonds. The molecule has 1 aromatic rings. The van der Waals surface area contributed by atoms with Crippen molar-refractivity contribution in [1.82, 2.24) is 4.90 Å². The molecule has 1 aromatic carbocycles. The van der Waals surface area contributed by atoms with Crippen LogP contribution < -0.4 is 0 Å². The number of carbonyl (C=O) groups is 1. The molecule has 0 spiro atoms. The second kappa shape index (κ2) is 5.34. The monoisotopic (exact) mass is 251 g/mol. The van der Waals surface area contributed by atoms with Gasteiger partial charge in [-0.2, -0.15) is 0 Å². The number of benzene rings is 1. The lowest BCUT2D eigenvalue weighted by molar-refractivity contribution is -0.133. The summed E-state index contributed by atoms with van der Waals surface area (Å²) in [5.74, 6) is -0.0645. The minimum absolute atomic E-state index is 0.0645. The van der Waals surface area contributed by atoms with Gasteiger partial charge < -0.3 is 9.64 Å². The van der Waals surface area contributed by atoms with Crippen molar-refractivity contribution >= 4 is 17.5 Å². The maximum Gasteiger partial charge on any atom is 0.246 e. The van der Waals surface area contributed by atoms with Crippen LogP contribution in [0.5, 0.6) is 0 Å². The van der Waals surface area contributed by atoms with Gasteiger partial charge in [-0.1, -0.05) is 36.4 Å². The summed E-state index contributed by atoms with van der Waals surface area (Å²) in [6.45, 7) is 5.14. The molecular formula is C13H14ClNO2. The molecule has 4 heteroatoms. The standard InChI is InChI=1S/C13H14ClNO2/c1-2-13(16)15-7-8-17-12(9-15)10-5-3-4-6-11(10)14/h2-6,12H,1,7-9H2. The van der Waals surface area contributed by atoms with Crippen LogP contribution in [0.25, 0.3) is 0 Å². The van der Waals surface area contributed by atoms with Crippen LogP contribution in [0.4, 0.5) is 0 Å². The lowest BCUT2D eigenvalue weighted by Crippen LogP contribution is -2.41. The zero-order valence-corrected chi connectivity index (χ0v) is 10.2. The van der Waals surface area contributed by atoms with Gasteiger partial charge in [0.25, 0.3) is 0 Å². The Morgan fingerprint density at radius 3 is 3.00 bits per heavy atom. The Kier molecular flexibility index (Phi) is 3.82. The molecule has 0 N–H and O–H groups in total. The van der Waals surface area contributed by atoms with E-state index in [9.17, 15) is 4.79 Å². The van der Waals surface area contributed by atoms with Crippen LogP contribution in [-0.4, -0.2) is 30.5 Å². The highest BCUT2D eigenvalue weighted by Crippen LogP contribution is 2.28. The predicted molar refractivity (Wildman–Crippen MR) is 66.9 cm³/mol. The molecule has 1 heterocycles. The summed E-state index contributed by atoms with van der Waals surface area (Å²) < 4.78 is 5.66. The Morgan fingerprint density at radius 1 is 1.53 bits per heavy atom. The van der Waals surface area contributed by atoms with Gasteiger partial charge in [-0.05, 0) is 12.1 Å². The number of carbonyl (C=O) groups excluding carboxylic acids is 1. The van der Waals surface area contributed by atoms with Crippen molar-refractivity contribution in [3.8, 4) is 0 Å². The van der Waals surface area contributed by atoms with E-state index >= 15 is 0 Å². The molecular weight excluding hydrogens is 238 g/mol. The summed E-state index contributed by atoms with van der Waals surface area (Å²) in [5.41, 5.74) is 0.927. The lowest BCUT2D eigenvalue weighted by Gasteiger charge is -2.32. The van der Waals surface area contributed by atoms with Gasteiger partial charge >= 0.3 is 0 Å². The Morgan fingerprint density at radius 2 is 2.29 bits per heavy atom. The second-order valence-corrected chi connectivity index (χ2v) is 4.28. The molecule has 0 saturated carbocycles. The fourth-order valence-corrected chi connectivity index (χ4v) is 2.16. The SMILES string of the molecule is C=CC(=O)N1CCOC(c2ccccc2Cl)C1. The first-order valence-electron chi connectivity index (χ1n) is 5.49. The van der Waals surface area contributed by atoms with Gasteiger partial charge in [0.05, 0.1) is 13.2 Å². The van der Waals surface area contributed by atoms with Gasteiger partial charge in [0.2, 0.25) is 5.91 Å². The molecule has 3 nitrogen and oxygen atoms in total. The van der Waals surface area contributed by atoms with Gasteiger partial charge in [-0.25, -0.2) is 0 Å². The van der Waals surface area contributed by atoms with Gasteiger partial charge in [0, 0.05) is 17.1 Å². The maximum absolute atomic E-state index is 11.5. The van der Waals surface area contributed by atoms with E-state index in [0.717, 1.165) is 5.56 Å². The molecule has 2 rings (SSSR count). The molecule has 1 saturated heterocycles. The summed E-state index contributed by atoms with van der Waals surface area (Å²) in [6.07, 6.45) is 1.18. The Balaban J connectivity index is 2.15. The number of nitrogens with zero attached hydrogens (tertiary/aromatic N) is 1. The summed E-state index contributed by atoms with van der Waals surface area (Å²) >= 11 is 6.12. The van der Waals surface area contributed by atoms with Crippen LogP contribution in [0.1, 0.15) is 11.7 Å². The van der Waals surface area contributed by atoms with E-state index < -0.39 is 0 Å². The quantitative estimate of drug-likeness (QED) is 0.756. The molecule has 1 aliphatic rings. The first kappa shape index (κ1) is 12.1. The number of halogens is 1. The van der Waals surface area contributed by atoms with Crippen LogP contribution in [-0.2, 0) is 9.53 Å². The summed E-state index contributed by atoms with van der Waals surface area (Å²) in [5, 5.41) is 0.672. The van der Waals surface area contributed by atoms with Crippen LogP contribution in [0.3, 0.4) is 0 Å². The van der Waals surface area contributed by atoms with Gasteiger partial charge in [0.15, 0.2) is 0 Å². The van der Waals surface area contributed by atoms with E-state index in [-0.39, 0.29) is 12.0 Å². The number of hydrogen-bond acceptors (Lipinski definition) is 2. The van der Waals surface area contributed by atoms with Crippen LogP contribution in [0.15, 0.2) is 36.9 Å². The zero-order valence-electron chi connectivity index (χ0n) is 9.43. The van der Waals surface area contributed by atoms with E-state index in [4.69, 9.17) is 16.3 Å². The average molecular weight is 252 g/mol. The Bertz CT molecular complexity index is 433. The maximum atomic E-state index is 11.5. The van der Waals surface area contributed by atoms with Crippen molar-refractivity contribution in [2.24, 2.45) is 0 Å². The highest BCUT2D eigenvalue weighted by Gasteiger charge is 2.25. The lowest BCUT2D eigenvalue weighted by atomic mass is 10.1. The normalized spacial score (nSPS) is 20.1. The molecule has 17 heavy (non-hydrogen) atoms. The molecule has 1 unspecified atom stereocenters. The number of hydrogen-bond donors (Lipinski definition) is 0. The van der Waals surface area contributed by atoms with Crippen LogP contribution in [0.2, 0.25) is 5.02 Å². The molecule has 0 aromatic heterocycles. The molecule has 1 fully saturated rings. The van der Waals surface area contributed by atoms with Gasteiger partial charge in [-0.15, -0.1) is 0 Å². The number of ether oxygens (including phenoxy) is 1. The molecule has 1 atom stereocenters. The minimum atomic E-state index is -0.152. The van der Waals surface area contributed by atoms with Crippen LogP contribution >= 0.6 is 11.6 Å². The van der Waals surface area contributed by atoms with Crippen molar-refractivity contribution in [1.29, 1.82) is 0 Å². The topological polar surface area (TPSA) is 29.5 Å². The van der Waals surface area contributed by atoms with Crippen molar-refractivity contribution in [2.45, 2.75) is 6.10 Å². The van der Waals surface area contributed by atoms with Gasteiger partial charge in [0.1, 0.15) is 6.10 Å². The fraction of sp³-hybridized carbons (Fsp3) is 0.308. The van der Waals surface area contributed by atoms with Crippen molar-refractivity contribution in [3.63, 3.8) is 0 Å². The molecule has 1 aliphatic heterocycles. The van der Waals surface area contributed by atoms with Crippen molar-refractivity contribution in [2.75, 3.05) is 19.7 Å². The van der Waals surface area contributed by atoms with E-state index in [1.165, 1.54) is 6.08 Å². The predicted octanol–water partition coefficient (Wildman–Crippen LogP) is 2.43. The number of rotatable bonds is 2. The highest BCUT2D eigenvalue weighted by atomic mass is 35.5. The summed E-state index contributed by atoms with van der Waals surface area (Å²) in [6, 6.07) is 7.55. The summed E-state index contributed by atoms with van der Waals surface area (Å²) in [7, 11) is 0. The largest absolute Gasteiger partial charge is 0.370 e. The van der Waals surface area contributed by atoms with Gasteiger partial charge in [-0.3, -0.25) is 4.79 Å². The third-order valence-corrected chi connectivity index (χ3v) is 3.15. The van der Waals surface area contributed by atoms with Crippen molar-refractivity contribution < 1.29 is 9.53 Å². The number of morpholine rings is 1. The Labute approximate surface area is 106 Å². The average Bonchev–Trinajstić information content (AvgIpc) is 2.38. The van der Waals surface area contributed by atoms with E-state index in [1.54, 1.807) is 4.90 Å². The second-order valence-electron chi connectivity index (χ2n) is 3.87. The zero-order chi connectivity index (χ0) is 12.3. The smallest absolute Gasteiger partial charge is 0.246 e. The fourth-order valence-electron chi connectivity index (χ4n) is 1.90. The first-order chi connectivity index (χ1) is 8.22. The van der Waals surface area contributed by atoms with Crippen LogP contribution in [0, 0.1) is 0 Å². The van der Waals surface area contributed by atoms with E-state index in [0.29, 0.717) is 24.7 Å². The minimum Gasteiger partial charge on any atom is -0.370 e. The highest BCUT2D eigenvalue weighted by molar-refractivity contribution is 6.31. The van der Waals surface area contributed by atoms with E-state index in [2.05, 4.69) is 6.58 Å². The van der Waals surface area contributed by atoms with E-state index in [1.807, 2.05) is 24.3 Å². The Hall–Kier alpha value is -1.32.